The smallest absolute Gasteiger partial charge is 0.375 e. The summed E-state index contributed by atoms with van der Waals surface area (Å²) in [6, 6.07) is 0.856. The highest BCUT2D eigenvalue weighted by atomic mass is 19.4. The van der Waals surface area contributed by atoms with Crippen LogP contribution < -0.4 is 0 Å². The minimum atomic E-state index is -4.48. The number of ether oxygens (including phenoxy) is 1. The lowest BCUT2D eigenvalue weighted by atomic mass is 10.3. The topological polar surface area (TPSA) is 47.4 Å². The van der Waals surface area contributed by atoms with Gasteiger partial charge in [0.05, 0.1) is 12.7 Å². The molecule has 8 heteroatoms. The number of nitrogens with zero attached hydrogens (tertiary/aromatic N) is 3. The molecule has 0 bridgehead atoms. The molecule has 1 fully saturated rings. The fourth-order valence-electron chi connectivity index (χ4n) is 1.88. The van der Waals surface area contributed by atoms with Crippen molar-refractivity contribution in [3.63, 3.8) is 0 Å². The van der Waals surface area contributed by atoms with Crippen LogP contribution in [0.25, 0.3) is 0 Å². The molecule has 1 amide bonds. The molecule has 1 aromatic heterocycles. The summed E-state index contributed by atoms with van der Waals surface area (Å²) in [5, 5.41) is 3.35. The number of aromatic nitrogens is 2. The fourth-order valence-corrected chi connectivity index (χ4v) is 1.88. The molecule has 1 aromatic rings. The number of carbonyl (C=O) groups is 1. The van der Waals surface area contributed by atoms with E-state index in [0.29, 0.717) is 19.7 Å². The van der Waals surface area contributed by atoms with E-state index in [-0.39, 0.29) is 18.6 Å². The van der Waals surface area contributed by atoms with Crippen molar-refractivity contribution in [1.82, 2.24) is 14.7 Å². The molecule has 1 aliphatic rings. The van der Waals surface area contributed by atoms with Crippen molar-refractivity contribution in [2.75, 3.05) is 19.7 Å². The Kier molecular flexibility index (Phi) is 3.79. The first kappa shape index (κ1) is 13.9. The zero-order valence-corrected chi connectivity index (χ0v) is 10.4. The monoisotopic (exact) mass is 277 g/mol. The summed E-state index contributed by atoms with van der Waals surface area (Å²) in [4.78, 5) is 13.5. The normalized spacial score (nSPS) is 20.6. The summed E-state index contributed by atoms with van der Waals surface area (Å²) < 4.78 is 43.4. The number of halogens is 3. The van der Waals surface area contributed by atoms with E-state index in [1.165, 1.54) is 0 Å². The van der Waals surface area contributed by atoms with Gasteiger partial charge in [0, 0.05) is 19.3 Å². The number of carbonyl (C=O) groups excluding carboxylic acids is 1. The Morgan fingerprint density at radius 2 is 2.32 bits per heavy atom. The van der Waals surface area contributed by atoms with Crippen LogP contribution in [0.1, 0.15) is 12.6 Å². The zero-order valence-electron chi connectivity index (χ0n) is 10.4. The minimum Gasteiger partial charge on any atom is -0.375 e. The summed E-state index contributed by atoms with van der Waals surface area (Å²) in [6.07, 6.45) is -3.38. The van der Waals surface area contributed by atoms with Crippen molar-refractivity contribution in [2.45, 2.75) is 25.7 Å². The van der Waals surface area contributed by atoms with Crippen molar-refractivity contribution in [3.8, 4) is 0 Å². The van der Waals surface area contributed by atoms with Crippen molar-refractivity contribution in [2.24, 2.45) is 0 Å². The molecule has 0 spiro atoms. The van der Waals surface area contributed by atoms with Crippen LogP contribution in [0.2, 0.25) is 0 Å². The third kappa shape index (κ3) is 3.46. The lowest BCUT2D eigenvalue weighted by Crippen LogP contribution is -2.45. The molecule has 5 nitrogen and oxygen atoms in total. The highest BCUT2D eigenvalue weighted by molar-refractivity contribution is 5.76. The van der Waals surface area contributed by atoms with Gasteiger partial charge in [0.1, 0.15) is 6.54 Å². The summed E-state index contributed by atoms with van der Waals surface area (Å²) in [6.45, 7) is 3.00. The Hall–Kier alpha value is -1.57. The maximum Gasteiger partial charge on any atom is 0.435 e. The quantitative estimate of drug-likeness (QED) is 0.814. The van der Waals surface area contributed by atoms with E-state index in [2.05, 4.69) is 5.10 Å². The molecule has 2 rings (SSSR count). The van der Waals surface area contributed by atoms with Crippen LogP contribution in [0.5, 0.6) is 0 Å². The Bertz CT molecular complexity index is 458. The van der Waals surface area contributed by atoms with Crippen molar-refractivity contribution in [3.05, 3.63) is 18.0 Å². The molecule has 0 saturated carbocycles. The Labute approximate surface area is 107 Å². The van der Waals surface area contributed by atoms with Gasteiger partial charge in [-0.3, -0.25) is 9.48 Å². The van der Waals surface area contributed by atoms with Gasteiger partial charge in [-0.1, -0.05) is 0 Å². The summed E-state index contributed by atoms with van der Waals surface area (Å²) >= 11 is 0. The molecule has 2 heterocycles. The average Bonchev–Trinajstić information content (AvgIpc) is 2.77. The molecular formula is C11H14F3N3O2. The molecule has 0 radical (unpaired) electrons. The maximum absolute atomic E-state index is 12.4. The fraction of sp³-hybridized carbons (Fsp3) is 0.636. The number of hydrogen-bond acceptors (Lipinski definition) is 3. The van der Waals surface area contributed by atoms with Gasteiger partial charge in [0.25, 0.3) is 0 Å². The largest absolute Gasteiger partial charge is 0.435 e. The number of hydrogen-bond donors (Lipinski definition) is 0. The van der Waals surface area contributed by atoms with Gasteiger partial charge in [-0.25, -0.2) is 0 Å². The predicted octanol–water partition coefficient (Wildman–Crippen LogP) is 1.15. The summed E-state index contributed by atoms with van der Waals surface area (Å²) in [5.74, 6) is -0.257. The summed E-state index contributed by atoms with van der Waals surface area (Å²) in [5.41, 5.74) is -0.990. The third-order valence-corrected chi connectivity index (χ3v) is 2.82. The van der Waals surface area contributed by atoms with Crippen molar-refractivity contribution < 1.29 is 22.7 Å². The van der Waals surface area contributed by atoms with E-state index >= 15 is 0 Å². The lowest BCUT2D eigenvalue weighted by molar-refractivity contribution is -0.143. The zero-order chi connectivity index (χ0) is 14.0. The molecule has 106 valence electrons. The number of alkyl halides is 3. The first-order chi connectivity index (χ1) is 8.86. The first-order valence-electron chi connectivity index (χ1n) is 5.86. The van der Waals surface area contributed by atoms with Gasteiger partial charge >= 0.3 is 6.18 Å². The lowest BCUT2D eigenvalue weighted by Gasteiger charge is -2.31. The number of rotatable bonds is 2. The van der Waals surface area contributed by atoms with Crippen molar-refractivity contribution >= 4 is 5.91 Å². The molecular weight excluding hydrogens is 263 g/mol. The molecule has 1 atom stereocenters. The van der Waals surface area contributed by atoms with Crippen LogP contribution >= 0.6 is 0 Å². The van der Waals surface area contributed by atoms with E-state index in [4.69, 9.17) is 4.74 Å². The van der Waals surface area contributed by atoms with Crippen LogP contribution in [-0.2, 0) is 22.3 Å². The standard InChI is InChI=1S/C11H14F3N3O2/c1-8-6-16(4-5-19-8)10(18)7-17-3-2-9(15-17)11(12,13)14/h2-3,8H,4-7H2,1H3. The summed E-state index contributed by atoms with van der Waals surface area (Å²) in [7, 11) is 0. The van der Waals surface area contributed by atoms with Crippen LogP contribution in [0.3, 0.4) is 0 Å². The molecule has 1 aliphatic heterocycles. The molecule has 0 aliphatic carbocycles. The number of amides is 1. The van der Waals surface area contributed by atoms with Gasteiger partial charge in [0.2, 0.25) is 5.91 Å². The Morgan fingerprint density at radius 1 is 1.58 bits per heavy atom. The van der Waals surface area contributed by atoms with E-state index in [1.807, 2.05) is 6.92 Å². The molecule has 0 N–H and O–H groups in total. The second-order valence-electron chi connectivity index (χ2n) is 4.42. The van der Waals surface area contributed by atoms with E-state index in [1.54, 1.807) is 4.90 Å². The Morgan fingerprint density at radius 3 is 2.89 bits per heavy atom. The van der Waals surface area contributed by atoms with Crippen LogP contribution in [0.15, 0.2) is 12.3 Å². The van der Waals surface area contributed by atoms with Crippen molar-refractivity contribution in [1.29, 1.82) is 0 Å². The van der Waals surface area contributed by atoms with Gasteiger partial charge in [-0.2, -0.15) is 18.3 Å². The number of morpholine rings is 1. The minimum absolute atomic E-state index is 0.0546. The van der Waals surface area contributed by atoms with Gasteiger partial charge in [0.15, 0.2) is 5.69 Å². The SMILES string of the molecule is CC1CN(C(=O)Cn2ccc(C(F)(F)F)n2)CCO1. The highest BCUT2D eigenvalue weighted by Gasteiger charge is 2.33. The molecule has 19 heavy (non-hydrogen) atoms. The van der Waals surface area contributed by atoms with E-state index in [0.717, 1.165) is 16.9 Å². The molecule has 0 aromatic carbocycles. The molecule has 1 unspecified atom stereocenters. The van der Waals surface area contributed by atoms with E-state index in [9.17, 15) is 18.0 Å². The van der Waals surface area contributed by atoms with Gasteiger partial charge in [-0.05, 0) is 13.0 Å². The third-order valence-electron chi connectivity index (χ3n) is 2.82. The van der Waals surface area contributed by atoms with Crippen LogP contribution in [-0.4, -0.2) is 46.4 Å². The van der Waals surface area contributed by atoms with Crippen LogP contribution in [0.4, 0.5) is 13.2 Å². The van der Waals surface area contributed by atoms with E-state index < -0.39 is 11.9 Å². The van der Waals surface area contributed by atoms with Crippen LogP contribution in [0, 0.1) is 0 Å². The highest BCUT2D eigenvalue weighted by Crippen LogP contribution is 2.27. The second kappa shape index (κ2) is 5.20. The molecule has 1 saturated heterocycles. The average molecular weight is 277 g/mol. The van der Waals surface area contributed by atoms with Gasteiger partial charge in [-0.15, -0.1) is 0 Å². The second-order valence-corrected chi connectivity index (χ2v) is 4.42. The Balaban J connectivity index is 1.97. The first-order valence-corrected chi connectivity index (χ1v) is 5.86. The van der Waals surface area contributed by atoms with Gasteiger partial charge < -0.3 is 9.64 Å². The predicted molar refractivity (Wildman–Crippen MR) is 59.2 cm³/mol. The maximum atomic E-state index is 12.4.